The summed E-state index contributed by atoms with van der Waals surface area (Å²) in [6, 6.07) is 0. The van der Waals surface area contributed by atoms with Crippen molar-refractivity contribution in [2.45, 2.75) is 6.92 Å². The van der Waals surface area contributed by atoms with E-state index in [-0.39, 0.29) is 12.3 Å². The zero-order chi connectivity index (χ0) is 6.57. The van der Waals surface area contributed by atoms with E-state index in [9.17, 15) is 4.79 Å². The van der Waals surface area contributed by atoms with Gasteiger partial charge in [0.15, 0.2) is 0 Å². The van der Waals surface area contributed by atoms with Crippen molar-refractivity contribution < 1.29 is 4.79 Å². The summed E-state index contributed by atoms with van der Waals surface area (Å²) < 4.78 is 0. The van der Waals surface area contributed by atoms with Crippen molar-refractivity contribution in [3.63, 3.8) is 0 Å². The predicted molar refractivity (Wildman–Crippen MR) is 32.0 cm³/mol. The molecule has 0 amide bonds. The smallest absolute Gasteiger partial charge is 0.148 e. The Morgan fingerprint density at radius 2 is 2.38 bits per heavy atom. The van der Waals surface area contributed by atoms with E-state index in [0.29, 0.717) is 5.82 Å². The SMILES string of the molecule is C=C(N)NCC(C)=O. The first kappa shape index (κ1) is 7.01. The fourth-order valence-electron chi connectivity index (χ4n) is 0.238. The third kappa shape index (κ3) is 5.01. The molecule has 0 atom stereocenters. The van der Waals surface area contributed by atoms with Crippen molar-refractivity contribution in [2.24, 2.45) is 5.73 Å². The summed E-state index contributed by atoms with van der Waals surface area (Å²) in [6.45, 7) is 5.10. The van der Waals surface area contributed by atoms with Crippen molar-refractivity contribution in [3.05, 3.63) is 12.4 Å². The minimum Gasteiger partial charge on any atom is -0.386 e. The van der Waals surface area contributed by atoms with E-state index >= 15 is 0 Å². The maximum absolute atomic E-state index is 10.2. The quantitative estimate of drug-likeness (QED) is 0.524. The molecule has 0 unspecified atom stereocenters. The standard InChI is InChI=1S/C5H10N2O/c1-4(8)3-7-5(2)6/h7H,2-3,6H2,1H3. The van der Waals surface area contributed by atoms with Gasteiger partial charge in [0.05, 0.1) is 12.4 Å². The lowest BCUT2D eigenvalue weighted by Gasteiger charge is -1.98. The van der Waals surface area contributed by atoms with Crippen LogP contribution in [0.5, 0.6) is 0 Å². The van der Waals surface area contributed by atoms with E-state index in [1.165, 1.54) is 6.92 Å². The number of nitrogens with one attached hydrogen (secondary N) is 1. The van der Waals surface area contributed by atoms with Crippen LogP contribution < -0.4 is 11.1 Å². The summed E-state index contributed by atoms with van der Waals surface area (Å²) in [6.07, 6.45) is 0. The van der Waals surface area contributed by atoms with Gasteiger partial charge in [-0.1, -0.05) is 6.58 Å². The fraction of sp³-hybridized carbons (Fsp3) is 0.400. The average Bonchev–Trinajstić information content (AvgIpc) is 1.61. The minimum atomic E-state index is 0.0524. The number of nitrogens with two attached hydrogens (primary N) is 1. The van der Waals surface area contributed by atoms with Crippen molar-refractivity contribution >= 4 is 5.78 Å². The minimum absolute atomic E-state index is 0.0524. The number of Topliss-reactive ketones (excluding diaryl/α,β-unsaturated/α-hetero) is 1. The van der Waals surface area contributed by atoms with Gasteiger partial charge in [0.25, 0.3) is 0 Å². The molecule has 3 N–H and O–H groups in total. The van der Waals surface area contributed by atoms with Gasteiger partial charge in [-0.05, 0) is 6.92 Å². The highest BCUT2D eigenvalue weighted by molar-refractivity contribution is 5.77. The van der Waals surface area contributed by atoms with Crippen LogP contribution in [0.25, 0.3) is 0 Å². The molecule has 0 aliphatic rings. The third-order valence-corrected chi connectivity index (χ3v) is 0.564. The number of carbonyl (C=O) groups is 1. The first-order valence-electron chi connectivity index (χ1n) is 2.30. The molecular formula is C5H10N2O. The molecular weight excluding hydrogens is 104 g/mol. The predicted octanol–water partition coefficient (Wildman–Crippen LogP) is -0.405. The molecule has 0 saturated heterocycles. The van der Waals surface area contributed by atoms with Gasteiger partial charge in [0, 0.05) is 0 Å². The molecule has 0 rings (SSSR count). The molecule has 8 heavy (non-hydrogen) atoms. The Bertz CT molecular complexity index is 95.0. The van der Waals surface area contributed by atoms with Gasteiger partial charge in [0.1, 0.15) is 5.78 Å². The van der Waals surface area contributed by atoms with Crippen LogP contribution in [0.1, 0.15) is 6.92 Å². The van der Waals surface area contributed by atoms with E-state index in [2.05, 4.69) is 11.9 Å². The highest BCUT2D eigenvalue weighted by atomic mass is 16.1. The molecule has 0 aliphatic carbocycles. The van der Waals surface area contributed by atoms with Gasteiger partial charge in [-0.15, -0.1) is 0 Å². The number of hydrogen-bond donors (Lipinski definition) is 2. The summed E-state index contributed by atoms with van der Waals surface area (Å²) in [7, 11) is 0. The van der Waals surface area contributed by atoms with Crippen LogP contribution in [0.2, 0.25) is 0 Å². The van der Waals surface area contributed by atoms with Crippen molar-refractivity contribution in [3.8, 4) is 0 Å². The summed E-state index contributed by atoms with van der Waals surface area (Å²) >= 11 is 0. The largest absolute Gasteiger partial charge is 0.386 e. The van der Waals surface area contributed by atoms with Gasteiger partial charge in [-0.3, -0.25) is 4.79 Å². The Kier molecular flexibility index (Phi) is 2.69. The molecule has 0 radical (unpaired) electrons. The second-order valence-electron chi connectivity index (χ2n) is 1.58. The number of ketones is 1. The molecule has 0 aliphatic heterocycles. The Morgan fingerprint density at radius 1 is 1.88 bits per heavy atom. The van der Waals surface area contributed by atoms with Crippen molar-refractivity contribution in [2.75, 3.05) is 6.54 Å². The average molecular weight is 114 g/mol. The van der Waals surface area contributed by atoms with Gasteiger partial charge in [-0.25, -0.2) is 0 Å². The third-order valence-electron chi connectivity index (χ3n) is 0.564. The van der Waals surface area contributed by atoms with E-state index in [4.69, 9.17) is 5.73 Å². The van der Waals surface area contributed by atoms with Crippen LogP contribution in [0.3, 0.4) is 0 Å². The second-order valence-corrected chi connectivity index (χ2v) is 1.58. The molecule has 46 valence electrons. The number of carbonyl (C=O) groups excluding carboxylic acids is 1. The first-order valence-corrected chi connectivity index (χ1v) is 2.30. The van der Waals surface area contributed by atoms with Crippen LogP contribution in [-0.4, -0.2) is 12.3 Å². The molecule has 0 bridgehead atoms. The highest BCUT2D eigenvalue weighted by Crippen LogP contribution is 1.67. The first-order chi connectivity index (χ1) is 3.63. The van der Waals surface area contributed by atoms with E-state index in [0.717, 1.165) is 0 Å². The number of hydrogen-bond acceptors (Lipinski definition) is 3. The van der Waals surface area contributed by atoms with Crippen LogP contribution in [0, 0.1) is 0 Å². The molecule has 0 aromatic carbocycles. The topological polar surface area (TPSA) is 55.1 Å². The van der Waals surface area contributed by atoms with Crippen molar-refractivity contribution in [1.29, 1.82) is 0 Å². The molecule has 0 heterocycles. The van der Waals surface area contributed by atoms with Crippen LogP contribution in [0.4, 0.5) is 0 Å². The van der Waals surface area contributed by atoms with Crippen LogP contribution >= 0.6 is 0 Å². The van der Waals surface area contributed by atoms with E-state index < -0.39 is 0 Å². The lowest BCUT2D eigenvalue weighted by Crippen LogP contribution is -2.24. The Morgan fingerprint density at radius 3 is 2.50 bits per heavy atom. The number of rotatable bonds is 3. The molecule has 0 spiro atoms. The summed E-state index contributed by atoms with van der Waals surface area (Å²) in [5, 5.41) is 2.58. The van der Waals surface area contributed by atoms with Gasteiger partial charge >= 0.3 is 0 Å². The van der Waals surface area contributed by atoms with Crippen LogP contribution in [0.15, 0.2) is 12.4 Å². The summed E-state index contributed by atoms with van der Waals surface area (Å²) in [5.74, 6) is 0.386. The van der Waals surface area contributed by atoms with Crippen molar-refractivity contribution in [1.82, 2.24) is 5.32 Å². The van der Waals surface area contributed by atoms with Gasteiger partial charge in [-0.2, -0.15) is 0 Å². The van der Waals surface area contributed by atoms with Crippen LogP contribution in [-0.2, 0) is 4.79 Å². The molecule has 0 fully saturated rings. The molecule has 0 saturated carbocycles. The van der Waals surface area contributed by atoms with Gasteiger partial charge < -0.3 is 11.1 Å². The Labute approximate surface area is 48.6 Å². The second kappa shape index (κ2) is 3.07. The Hall–Kier alpha value is -0.990. The fourth-order valence-corrected chi connectivity index (χ4v) is 0.238. The Balaban J connectivity index is 3.18. The van der Waals surface area contributed by atoms with Gasteiger partial charge in [0.2, 0.25) is 0 Å². The maximum Gasteiger partial charge on any atom is 0.148 e. The molecule has 0 aromatic rings. The molecule has 3 heteroatoms. The zero-order valence-corrected chi connectivity index (χ0v) is 4.90. The monoisotopic (exact) mass is 114 g/mol. The maximum atomic E-state index is 10.2. The highest BCUT2D eigenvalue weighted by Gasteiger charge is 1.88. The van der Waals surface area contributed by atoms with E-state index in [1.54, 1.807) is 0 Å². The molecule has 0 aromatic heterocycles. The zero-order valence-electron chi connectivity index (χ0n) is 4.90. The summed E-state index contributed by atoms with van der Waals surface area (Å²) in [5.41, 5.74) is 5.08. The van der Waals surface area contributed by atoms with E-state index in [1.807, 2.05) is 0 Å². The molecule has 3 nitrogen and oxygen atoms in total. The lowest BCUT2D eigenvalue weighted by atomic mass is 10.4. The summed E-state index contributed by atoms with van der Waals surface area (Å²) in [4.78, 5) is 10.2. The normalized spacial score (nSPS) is 8.12. The lowest BCUT2D eigenvalue weighted by molar-refractivity contribution is -0.116.